The molecule has 1 aromatic rings. The van der Waals surface area contributed by atoms with E-state index in [9.17, 15) is 0 Å². The SMILES string of the molecule is Cc1cc(C#CCC#N)cc(C)c1Cl. The number of benzene rings is 1. The van der Waals surface area contributed by atoms with Gasteiger partial charge in [0.1, 0.15) is 0 Å². The van der Waals surface area contributed by atoms with Crippen molar-refractivity contribution in [3.05, 3.63) is 33.8 Å². The van der Waals surface area contributed by atoms with Gasteiger partial charge in [0.15, 0.2) is 0 Å². The van der Waals surface area contributed by atoms with Gasteiger partial charge in [-0.15, -0.1) is 0 Å². The molecule has 0 unspecified atom stereocenters. The zero-order valence-electron chi connectivity index (χ0n) is 8.19. The van der Waals surface area contributed by atoms with Gasteiger partial charge in [0.05, 0.1) is 12.5 Å². The Balaban J connectivity index is 3.04. The second kappa shape index (κ2) is 4.70. The maximum absolute atomic E-state index is 8.32. The van der Waals surface area contributed by atoms with E-state index in [1.807, 2.05) is 32.0 Å². The van der Waals surface area contributed by atoms with Crippen LogP contribution in [-0.4, -0.2) is 0 Å². The molecule has 0 spiro atoms. The van der Waals surface area contributed by atoms with Gasteiger partial charge in [-0.1, -0.05) is 23.4 Å². The number of aryl methyl sites for hydroxylation is 2. The first-order chi connectivity index (χ1) is 6.65. The topological polar surface area (TPSA) is 23.8 Å². The van der Waals surface area contributed by atoms with Gasteiger partial charge in [-0.25, -0.2) is 0 Å². The highest BCUT2D eigenvalue weighted by molar-refractivity contribution is 6.32. The molecule has 0 saturated heterocycles. The predicted octanol–water partition coefficient (Wildman–Crippen LogP) is 3.22. The van der Waals surface area contributed by atoms with E-state index in [2.05, 4.69) is 11.8 Å². The molecule has 0 atom stereocenters. The van der Waals surface area contributed by atoms with Crippen molar-refractivity contribution >= 4 is 11.6 Å². The molecule has 0 saturated carbocycles. The number of hydrogen-bond acceptors (Lipinski definition) is 1. The molecule has 0 amide bonds. The van der Waals surface area contributed by atoms with Crippen LogP contribution in [0.5, 0.6) is 0 Å². The maximum Gasteiger partial charge on any atom is 0.0966 e. The minimum atomic E-state index is 0.265. The van der Waals surface area contributed by atoms with Crippen LogP contribution < -0.4 is 0 Å². The fourth-order valence-electron chi connectivity index (χ4n) is 1.20. The van der Waals surface area contributed by atoms with Crippen molar-refractivity contribution in [1.29, 1.82) is 5.26 Å². The Kier molecular flexibility index (Phi) is 3.57. The van der Waals surface area contributed by atoms with Crippen LogP contribution in [0.4, 0.5) is 0 Å². The summed E-state index contributed by atoms with van der Waals surface area (Å²) in [5.74, 6) is 5.69. The van der Waals surface area contributed by atoms with Gasteiger partial charge in [-0.05, 0) is 37.1 Å². The van der Waals surface area contributed by atoms with E-state index in [1.165, 1.54) is 0 Å². The summed E-state index contributed by atoms with van der Waals surface area (Å²) in [6.45, 7) is 3.90. The predicted molar refractivity (Wildman–Crippen MR) is 58.0 cm³/mol. The third-order valence-electron chi connectivity index (χ3n) is 1.84. The van der Waals surface area contributed by atoms with Crippen LogP contribution in [0.15, 0.2) is 12.1 Å². The Morgan fingerprint density at radius 1 is 1.29 bits per heavy atom. The molecule has 70 valence electrons. The Morgan fingerprint density at radius 3 is 2.36 bits per heavy atom. The minimum absolute atomic E-state index is 0.265. The molecule has 0 N–H and O–H groups in total. The Bertz CT molecular complexity index is 421. The van der Waals surface area contributed by atoms with E-state index in [-0.39, 0.29) is 6.42 Å². The highest BCUT2D eigenvalue weighted by Crippen LogP contribution is 2.21. The molecular formula is C12H10ClN. The van der Waals surface area contributed by atoms with Crippen LogP contribution in [0.25, 0.3) is 0 Å². The number of hydrogen-bond donors (Lipinski definition) is 0. The van der Waals surface area contributed by atoms with Gasteiger partial charge in [-0.3, -0.25) is 0 Å². The van der Waals surface area contributed by atoms with E-state index in [0.29, 0.717) is 0 Å². The largest absolute Gasteiger partial charge is 0.197 e. The third kappa shape index (κ3) is 2.52. The van der Waals surface area contributed by atoms with E-state index in [1.54, 1.807) is 0 Å². The zero-order valence-corrected chi connectivity index (χ0v) is 8.94. The molecule has 0 bridgehead atoms. The van der Waals surface area contributed by atoms with Crippen molar-refractivity contribution in [2.24, 2.45) is 0 Å². The van der Waals surface area contributed by atoms with Crippen LogP contribution >= 0.6 is 11.6 Å². The fraction of sp³-hybridized carbons (Fsp3) is 0.250. The first-order valence-corrected chi connectivity index (χ1v) is 4.65. The quantitative estimate of drug-likeness (QED) is 0.594. The van der Waals surface area contributed by atoms with Crippen LogP contribution in [0.2, 0.25) is 5.02 Å². The van der Waals surface area contributed by atoms with Gasteiger partial charge < -0.3 is 0 Å². The standard InChI is InChI=1S/C12H10ClN/c1-9-7-11(5-3-4-6-14)8-10(2)12(9)13/h7-8H,4H2,1-2H3. The summed E-state index contributed by atoms with van der Waals surface area (Å²) < 4.78 is 0. The first-order valence-electron chi connectivity index (χ1n) is 4.27. The minimum Gasteiger partial charge on any atom is -0.197 e. The lowest BCUT2D eigenvalue weighted by Crippen LogP contribution is -1.84. The molecule has 0 radical (unpaired) electrons. The normalized spacial score (nSPS) is 8.71. The summed E-state index contributed by atoms with van der Waals surface area (Å²) >= 11 is 6.01. The summed E-state index contributed by atoms with van der Waals surface area (Å²) in [5, 5.41) is 9.11. The van der Waals surface area contributed by atoms with Crippen molar-refractivity contribution in [2.75, 3.05) is 0 Å². The van der Waals surface area contributed by atoms with E-state index in [4.69, 9.17) is 16.9 Å². The molecule has 14 heavy (non-hydrogen) atoms. The molecule has 0 fully saturated rings. The number of nitriles is 1. The Morgan fingerprint density at radius 2 is 1.86 bits per heavy atom. The van der Waals surface area contributed by atoms with Crippen molar-refractivity contribution in [1.82, 2.24) is 0 Å². The Hall–Kier alpha value is -1.44. The van der Waals surface area contributed by atoms with Gasteiger partial charge in [-0.2, -0.15) is 5.26 Å². The van der Waals surface area contributed by atoms with Gasteiger partial charge in [0.25, 0.3) is 0 Å². The average Bonchev–Trinajstić information content (AvgIpc) is 2.14. The zero-order chi connectivity index (χ0) is 10.6. The second-order valence-electron chi connectivity index (χ2n) is 3.06. The van der Waals surface area contributed by atoms with Crippen LogP contribution in [0.1, 0.15) is 23.1 Å². The number of nitrogens with zero attached hydrogens (tertiary/aromatic N) is 1. The fourth-order valence-corrected chi connectivity index (χ4v) is 1.31. The molecule has 1 rings (SSSR count). The van der Waals surface area contributed by atoms with Crippen LogP contribution in [0.3, 0.4) is 0 Å². The molecule has 0 heterocycles. The number of halogens is 1. The maximum atomic E-state index is 8.32. The van der Waals surface area contributed by atoms with Gasteiger partial charge in [0.2, 0.25) is 0 Å². The van der Waals surface area contributed by atoms with Gasteiger partial charge >= 0.3 is 0 Å². The first kappa shape index (κ1) is 10.6. The van der Waals surface area contributed by atoms with Crippen molar-refractivity contribution in [3.63, 3.8) is 0 Å². The van der Waals surface area contributed by atoms with Gasteiger partial charge in [0, 0.05) is 10.6 Å². The van der Waals surface area contributed by atoms with E-state index < -0.39 is 0 Å². The molecule has 0 aliphatic rings. The lowest BCUT2D eigenvalue weighted by Gasteiger charge is -2.02. The monoisotopic (exact) mass is 203 g/mol. The summed E-state index contributed by atoms with van der Waals surface area (Å²) in [6, 6.07) is 5.84. The van der Waals surface area contributed by atoms with Crippen molar-refractivity contribution in [2.45, 2.75) is 20.3 Å². The molecule has 0 aliphatic carbocycles. The van der Waals surface area contributed by atoms with Crippen LogP contribution in [0, 0.1) is 37.0 Å². The van der Waals surface area contributed by atoms with E-state index >= 15 is 0 Å². The molecule has 0 aliphatic heterocycles. The molecule has 0 aromatic heterocycles. The lowest BCUT2D eigenvalue weighted by atomic mass is 10.1. The molecule has 1 nitrogen and oxygen atoms in total. The van der Waals surface area contributed by atoms with Crippen molar-refractivity contribution in [3.8, 4) is 17.9 Å². The lowest BCUT2D eigenvalue weighted by molar-refractivity contribution is 1.36. The average molecular weight is 204 g/mol. The van der Waals surface area contributed by atoms with Crippen molar-refractivity contribution < 1.29 is 0 Å². The molecule has 1 aromatic carbocycles. The number of rotatable bonds is 0. The third-order valence-corrected chi connectivity index (χ3v) is 2.43. The molecule has 2 heteroatoms. The Labute approximate surface area is 89.3 Å². The second-order valence-corrected chi connectivity index (χ2v) is 3.44. The van der Waals surface area contributed by atoms with Crippen LogP contribution in [-0.2, 0) is 0 Å². The smallest absolute Gasteiger partial charge is 0.0966 e. The summed E-state index contributed by atoms with van der Waals surface area (Å²) in [7, 11) is 0. The summed E-state index contributed by atoms with van der Waals surface area (Å²) in [6.07, 6.45) is 0.265. The highest BCUT2D eigenvalue weighted by Gasteiger charge is 2.00. The van der Waals surface area contributed by atoms with E-state index in [0.717, 1.165) is 21.7 Å². The molecular weight excluding hydrogens is 194 g/mol. The highest BCUT2D eigenvalue weighted by atomic mass is 35.5. The summed E-state index contributed by atoms with van der Waals surface area (Å²) in [5.41, 5.74) is 2.96. The summed E-state index contributed by atoms with van der Waals surface area (Å²) in [4.78, 5) is 0.